The maximum absolute atomic E-state index is 14.2. The largest absolute Gasteiger partial charge is 0.494 e. The molecule has 2 N–H and O–H groups in total. The fourth-order valence-corrected chi connectivity index (χ4v) is 7.27. The number of unbranched alkanes of at least 4 members (excludes halogenated alkanes) is 2. The van der Waals surface area contributed by atoms with E-state index in [2.05, 4.69) is 56.0 Å². The molecule has 0 saturated heterocycles. The van der Waals surface area contributed by atoms with Crippen LogP contribution in [0.2, 0.25) is 0 Å². The Morgan fingerprint density at radius 1 is 0.719 bits per heavy atom. The molecule has 1 aliphatic carbocycles. The molecule has 4 atom stereocenters. The van der Waals surface area contributed by atoms with E-state index in [9.17, 15) is 14.4 Å². The van der Waals surface area contributed by atoms with Gasteiger partial charge in [-0.3, -0.25) is 4.79 Å². The van der Waals surface area contributed by atoms with Crippen molar-refractivity contribution >= 4 is 18.0 Å². The Kier molecular flexibility index (Phi) is 14.9. The minimum Gasteiger partial charge on any atom is -0.494 e. The Labute approximate surface area is 339 Å². The maximum Gasteiger partial charge on any atom is 0.407 e. The molecule has 0 bridgehead atoms. The van der Waals surface area contributed by atoms with Crippen molar-refractivity contribution in [2.24, 2.45) is 11.8 Å². The third kappa shape index (κ3) is 11.7. The van der Waals surface area contributed by atoms with Gasteiger partial charge in [-0.25, -0.2) is 9.59 Å². The topological polar surface area (TPSA) is 103 Å². The summed E-state index contributed by atoms with van der Waals surface area (Å²) in [5.41, 5.74) is 7.15. The summed E-state index contributed by atoms with van der Waals surface area (Å²) in [5, 5.41) is 5.73. The highest BCUT2D eigenvalue weighted by Gasteiger charge is 2.35. The van der Waals surface area contributed by atoms with E-state index in [1.54, 1.807) is 0 Å². The van der Waals surface area contributed by atoms with Crippen LogP contribution in [0.4, 0.5) is 4.79 Å². The molecule has 0 radical (unpaired) electrons. The molecular formula is C48H62N3O6+. The van der Waals surface area contributed by atoms with Crippen molar-refractivity contribution in [2.45, 2.75) is 84.4 Å². The van der Waals surface area contributed by atoms with Gasteiger partial charge in [0.05, 0.1) is 34.3 Å². The molecule has 9 heteroatoms. The second-order valence-corrected chi connectivity index (χ2v) is 16.8. The average Bonchev–Trinajstić information content (AvgIpc) is 3.51. The summed E-state index contributed by atoms with van der Waals surface area (Å²) in [4.78, 5) is 41.4. The molecule has 0 heterocycles. The third-order valence-corrected chi connectivity index (χ3v) is 10.9. The van der Waals surface area contributed by atoms with Crippen LogP contribution in [0.1, 0.15) is 93.2 Å². The van der Waals surface area contributed by atoms with Crippen LogP contribution < -0.4 is 15.4 Å². The van der Waals surface area contributed by atoms with Crippen molar-refractivity contribution in [2.75, 3.05) is 40.9 Å². The summed E-state index contributed by atoms with van der Waals surface area (Å²) in [6.45, 7) is 11.5. The van der Waals surface area contributed by atoms with Crippen molar-refractivity contribution in [1.29, 1.82) is 0 Å². The summed E-state index contributed by atoms with van der Waals surface area (Å²) in [5.74, 6) is -0.930. The molecule has 4 unspecified atom stereocenters. The summed E-state index contributed by atoms with van der Waals surface area (Å²) in [6.07, 6.45) is 2.44. The number of quaternary nitrogens is 1. The molecule has 0 saturated carbocycles. The Balaban J connectivity index is 1.24. The summed E-state index contributed by atoms with van der Waals surface area (Å²) in [6, 6.07) is 29.9. The third-order valence-electron chi connectivity index (χ3n) is 10.9. The smallest absolute Gasteiger partial charge is 0.407 e. The zero-order valence-electron chi connectivity index (χ0n) is 35.0. The van der Waals surface area contributed by atoms with Crippen LogP contribution in [0, 0.1) is 18.8 Å². The molecule has 0 aromatic heterocycles. The molecule has 4 aromatic carbocycles. The van der Waals surface area contributed by atoms with E-state index in [4.69, 9.17) is 14.2 Å². The molecule has 304 valence electrons. The second kappa shape index (κ2) is 19.8. The number of alkyl carbamates (subject to hydrolysis) is 1. The van der Waals surface area contributed by atoms with Crippen molar-refractivity contribution in [3.05, 3.63) is 125 Å². The number of carbonyl (C=O) groups is 3. The van der Waals surface area contributed by atoms with Gasteiger partial charge in [-0.05, 0) is 83.5 Å². The first-order valence-electron chi connectivity index (χ1n) is 20.5. The highest BCUT2D eigenvalue weighted by molar-refractivity contribution is 5.90. The number of benzene rings is 4. The first-order valence-corrected chi connectivity index (χ1v) is 20.5. The van der Waals surface area contributed by atoms with Gasteiger partial charge in [0.15, 0.2) is 6.10 Å². The molecule has 57 heavy (non-hydrogen) atoms. The highest BCUT2D eigenvalue weighted by Crippen LogP contribution is 2.44. The predicted octanol–water partition coefficient (Wildman–Crippen LogP) is 8.98. The van der Waals surface area contributed by atoms with Gasteiger partial charge in [0.2, 0.25) is 5.91 Å². The van der Waals surface area contributed by atoms with Gasteiger partial charge in [-0.15, -0.1) is 0 Å². The average molecular weight is 777 g/mol. The summed E-state index contributed by atoms with van der Waals surface area (Å²) < 4.78 is 19.1. The van der Waals surface area contributed by atoms with Gasteiger partial charge in [0, 0.05) is 5.92 Å². The standard InChI is InChI=1S/C48H61N3O6/c1-9-34(5)44(49-46(52)43(32(2)3)50-48(54)56-31-42-40-19-13-11-17-38(40)39-18-12-14-20-41(39)42)47(53)57-45(35-23-21-33(4)22-24-35)36-25-27-37(28-26-36)55-30-16-10-15-29-51(6,7)8/h11-14,17-28,32,34,42-45H,9-10,15-16,29-31H2,1-8H3,(H-,49,50,52,54)/p+1. The van der Waals surface area contributed by atoms with E-state index in [-0.39, 0.29) is 24.4 Å². The van der Waals surface area contributed by atoms with Crippen LogP contribution >= 0.6 is 0 Å². The number of amides is 2. The SMILES string of the molecule is CCC(C)C(NC(=O)C(NC(=O)OCC1c2ccccc2-c2ccccc21)C(C)C)C(=O)OC(c1ccc(C)cc1)c1ccc(OCCCCC[N+](C)(C)C)cc1. The van der Waals surface area contributed by atoms with Crippen LogP contribution in [0.5, 0.6) is 5.75 Å². The molecule has 1 aliphatic rings. The number of nitrogens with zero attached hydrogens (tertiary/aromatic N) is 1. The lowest BCUT2D eigenvalue weighted by Gasteiger charge is -2.29. The number of carbonyl (C=O) groups excluding carboxylic acids is 3. The van der Waals surface area contributed by atoms with Crippen LogP contribution in [-0.2, 0) is 19.1 Å². The Bertz CT molecular complexity index is 1890. The zero-order valence-corrected chi connectivity index (χ0v) is 35.0. The minimum atomic E-state index is -0.958. The Morgan fingerprint density at radius 2 is 1.30 bits per heavy atom. The number of hydrogen-bond acceptors (Lipinski definition) is 6. The predicted molar refractivity (Wildman–Crippen MR) is 226 cm³/mol. The zero-order chi connectivity index (χ0) is 41.1. The minimum absolute atomic E-state index is 0.114. The van der Waals surface area contributed by atoms with Crippen molar-refractivity contribution in [3.8, 4) is 16.9 Å². The molecule has 0 spiro atoms. The van der Waals surface area contributed by atoms with Crippen molar-refractivity contribution < 1.29 is 33.1 Å². The molecule has 5 rings (SSSR count). The monoisotopic (exact) mass is 776 g/mol. The maximum atomic E-state index is 14.2. The molecule has 0 fully saturated rings. The number of nitrogens with one attached hydrogen (secondary N) is 2. The van der Waals surface area contributed by atoms with Crippen molar-refractivity contribution in [1.82, 2.24) is 10.6 Å². The van der Waals surface area contributed by atoms with Gasteiger partial charge in [-0.2, -0.15) is 0 Å². The van der Waals surface area contributed by atoms with Crippen LogP contribution in [0.25, 0.3) is 11.1 Å². The van der Waals surface area contributed by atoms with Gasteiger partial charge < -0.3 is 29.3 Å². The lowest BCUT2D eigenvalue weighted by molar-refractivity contribution is -0.870. The Morgan fingerprint density at radius 3 is 1.86 bits per heavy atom. The number of aryl methyl sites for hydroxylation is 1. The quantitative estimate of drug-likeness (QED) is 0.0560. The van der Waals surface area contributed by atoms with E-state index >= 15 is 0 Å². The molecule has 2 amide bonds. The fraction of sp³-hybridized carbons (Fsp3) is 0.438. The van der Waals surface area contributed by atoms with E-state index in [0.717, 1.165) is 75.0 Å². The van der Waals surface area contributed by atoms with Crippen molar-refractivity contribution in [3.63, 3.8) is 0 Å². The number of rotatable bonds is 19. The summed E-state index contributed by atoms with van der Waals surface area (Å²) in [7, 11) is 6.62. The second-order valence-electron chi connectivity index (χ2n) is 16.8. The fourth-order valence-electron chi connectivity index (χ4n) is 7.27. The van der Waals surface area contributed by atoms with Gasteiger partial charge in [0.25, 0.3) is 0 Å². The van der Waals surface area contributed by atoms with E-state index in [1.807, 2.05) is 107 Å². The molecular weight excluding hydrogens is 715 g/mol. The van der Waals surface area contributed by atoms with Gasteiger partial charge in [-0.1, -0.05) is 125 Å². The van der Waals surface area contributed by atoms with Crippen LogP contribution in [0.15, 0.2) is 97.1 Å². The Hall–Kier alpha value is -5.15. The highest BCUT2D eigenvalue weighted by atomic mass is 16.6. The lowest BCUT2D eigenvalue weighted by atomic mass is 9.96. The molecule has 9 nitrogen and oxygen atoms in total. The van der Waals surface area contributed by atoms with E-state index in [0.29, 0.717) is 13.0 Å². The van der Waals surface area contributed by atoms with Crippen LogP contribution in [0.3, 0.4) is 0 Å². The normalized spacial score (nSPS) is 14.5. The number of esters is 1. The van der Waals surface area contributed by atoms with E-state index < -0.39 is 36.2 Å². The van der Waals surface area contributed by atoms with E-state index in [1.165, 1.54) is 0 Å². The lowest BCUT2D eigenvalue weighted by Crippen LogP contribution is -2.55. The first kappa shape index (κ1) is 43.0. The van der Waals surface area contributed by atoms with Gasteiger partial charge in [0.1, 0.15) is 24.4 Å². The first-order chi connectivity index (χ1) is 27.3. The molecule has 4 aromatic rings. The van der Waals surface area contributed by atoms with Crippen LogP contribution in [-0.4, -0.2) is 75.4 Å². The van der Waals surface area contributed by atoms with Gasteiger partial charge >= 0.3 is 12.1 Å². The number of hydrogen-bond donors (Lipinski definition) is 2. The number of fused-ring (bicyclic) bond motifs is 3. The number of ether oxygens (including phenoxy) is 3. The summed E-state index contributed by atoms with van der Waals surface area (Å²) >= 11 is 0. The molecule has 0 aliphatic heterocycles.